The molecule has 0 radical (unpaired) electrons. The molecule has 16 heavy (non-hydrogen) atoms. The molecule has 0 aromatic heterocycles. The summed E-state index contributed by atoms with van der Waals surface area (Å²) < 4.78 is 0. The number of hydrogen-bond donors (Lipinski definition) is 0. The number of benzene rings is 2. The molecular formula is C16H14. The number of rotatable bonds is 1. The lowest BCUT2D eigenvalue weighted by molar-refractivity contribution is 1.14. The van der Waals surface area contributed by atoms with Crippen molar-refractivity contribution in [2.45, 2.75) is 13.3 Å². The van der Waals surface area contributed by atoms with E-state index in [2.05, 4.69) is 43.0 Å². The van der Waals surface area contributed by atoms with Gasteiger partial charge in [-0.25, -0.2) is 0 Å². The van der Waals surface area contributed by atoms with Gasteiger partial charge in [-0.1, -0.05) is 49.1 Å². The molecule has 0 aliphatic carbocycles. The SMILES string of the molecule is CCc1ccc(C#Cc2ccccc2)cc1. The predicted molar refractivity (Wildman–Crippen MR) is 68.2 cm³/mol. The summed E-state index contributed by atoms with van der Waals surface area (Å²) in [6.45, 7) is 2.16. The first-order valence-corrected chi connectivity index (χ1v) is 5.54. The van der Waals surface area contributed by atoms with E-state index in [4.69, 9.17) is 0 Å². The third-order valence-electron chi connectivity index (χ3n) is 2.49. The van der Waals surface area contributed by atoms with Crippen LogP contribution in [0.2, 0.25) is 0 Å². The minimum Gasteiger partial charge on any atom is -0.0622 e. The Bertz CT molecular complexity index is 495. The monoisotopic (exact) mass is 206 g/mol. The molecule has 0 bridgehead atoms. The number of hydrogen-bond acceptors (Lipinski definition) is 0. The average molecular weight is 206 g/mol. The van der Waals surface area contributed by atoms with E-state index in [-0.39, 0.29) is 0 Å². The van der Waals surface area contributed by atoms with Crippen LogP contribution in [0.3, 0.4) is 0 Å². The van der Waals surface area contributed by atoms with Gasteiger partial charge in [-0.15, -0.1) is 0 Å². The van der Waals surface area contributed by atoms with E-state index in [1.165, 1.54) is 5.56 Å². The predicted octanol–water partition coefficient (Wildman–Crippen LogP) is 3.65. The maximum Gasteiger partial charge on any atom is 0.0249 e. The van der Waals surface area contributed by atoms with Gasteiger partial charge in [0.05, 0.1) is 0 Å². The van der Waals surface area contributed by atoms with Crippen LogP contribution in [-0.4, -0.2) is 0 Å². The quantitative estimate of drug-likeness (QED) is 0.625. The fraction of sp³-hybridized carbons (Fsp3) is 0.125. The highest BCUT2D eigenvalue weighted by atomic mass is 13.9. The van der Waals surface area contributed by atoms with Crippen molar-refractivity contribution >= 4 is 0 Å². The largest absolute Gasteiger partial charge is 0.0622 e. The van der Waals surface area contributed by atoms with E-state index in [1.54, 1.807) is 0 Å². The summed E-state index contributed by atoms with van der Waals surface area (Å²) in [6, 6.07) is 18.5. The minimum atomic E-state index is 1.06. The van der Waals surface area contributed by atoms with Gasteiger partial charge >= 0.3 is 0 Å². The molecular weight excluding hydrogens is 192 g/mol. The van der Waals surface area contributed by atoms with E-state index in [0.29, 0.717) is 0 Å². The lowest BCUT2D eigenvalue weighted by atomic mass is 10.1. The fourth-order valence-corrected chi connectivity index (χ4v) is 1.49. The molecule has 0 fully saturated rings. The molecule has 0 atom stereocenters. The van der Waals surface area contributed by atoms with Gasteiger partial charge in [0, 0.05) is 11.1 Å². The highest BCUT2D eigenvalue weighted by molar-refractivity contribution is 5.43. The van der Waals surface area contributed by atoms with Crippen molar-refractivity contribution in [1.82, 2.24) is 0 Å². The second kappa shape index (κ2) is 5.19. The van der Waals surface area contributed by atoms with Gasteiger partial charge < -0.3 is 0 Å². The summed E-state index contributed by atoms with van der Waals surface area (Å²) in [5, 5.41) is 0. The molecule has 0 nitrogen and oxygen atoms in total. The molecule has 0 aliphatic rings. The molecule has 0 unspecified atom stereocenters. The zero-order valence-corrected chi connectivity index (χ0v) is 9.40. The number of aryl methyl sites for hydroxylation is 1. The second-order valence-corrected chi connectivity index (χ2v) is 3.67. The van der Waals surface area contributed by atoms with Gasteiger partial charge in [-0.2, -0.15) is 0 Å². The van der Waals surface area contributed by atoms with E-state index in [1.807, 2.05) is 30.3 Å². The lowest BCUT2D eigenvalue weighted by Crippen LogP contribution is -1.80. The molecule has 2 rings (SSSR count). The van der Waals surface area contributed by atoms with E-state index < -0.39 is 0 Å². The molecule has 0 heteroatoms. The van der Waals surface area contributed by atoms with Crippen LogP contribution in [0.15, 0.2) is 54.6 Å². The molecule has 0 spiro atoms. The highest BCUT2D eigenvalue weighted by Gasteiger charge is 1.89. The van der Waals surface area contributed by atoms with E-state index in [9.17, 15) is 0 Å². The Morgan fingerprint density at radius 1 is 0.750 bits per heavy atom. The van der Waals surface area contributed by atoms with Crippen LogP contribution in [0.5, 0.6) is 0 Å². The van der Waals surface area contributed by atoms with Gasteiger partial charge in [0.2, 0.25) is 0 Å². The van der Waals surface area contributed by atoms with Gasteiger partial charge in [-0.05, 0) is 36.2 Å². The van der Waals surface area contributed by atoms with Gasteiger partial charge in [-0.3, -0.25) is 0 Å². The zero-order chi connectivity index (χ0) is 11.2. The maximum atomic E-state index is 3.16. The van der Waals surface area contributed by atoms with Crippen LogP contribution < -0.4 is 0 Å². The normalized spacial score (nSPS) is 9.31. The topological polar surface area (TPSA) is 0 Å². The maximum absolute atomic E-state index is 3.16. The van der Waals surface area contributed by atoms with Crippen molar-refractivity contribution in [3.63, 3.8) is 0 Å². The third kappa shape index (κ3) is 2.74. The highest BCUT2D eigenvalue weighted by Crippen LogP contribution is 2.04. The molecule has 0 N–H and O–H groups in total. The summed E-state index contributed by atoms with van der Waals surface area (Å²) in [4.78, 5) is 0. The van der Waals surface area contributed by atoms with Crippen molar-refractivity contribution < 1.29 is 0 Å². The molecule has 0 saturated carbocycles. The summed E-state index contributed by atoms with van der Waals surface area (Å²) in [5.41, 5.74) is 3.48. The molecule has 0 saturated heterocycles. The molecule has 0 aliphatic heterocycles. The third-order valence-corrected chi connectivity index (χ3v) is 2.49. The van der Waals surface area contributed by atoms with Crippen molar-refractivity contribution in [3.05, 3.63) is 71.3 Å². The Hall–Kier alpha value is -2.00. The Morgan fingerprint density at radius 3 is 1.88 bits per heavy atom. The molecule has 2 aromatic rings. The molecule has 78 valence electrons. The Labute approximate surface area is 96.9 Å². The first-order valence-electron chi connectivity index (χ1n) is 5.54. The smallest absolute Gasteiger partial charge is 0.0249 e. The van der Waals surface area contributed by atoms with E-state index in [0.717, 1.165) is 17.5 Å². The first-order chi connectivity index (χ1) is 7.88. The molecule has 0 heterocycles. The molecule has 2 aromatic carbocycles. The standard InChI is InChI=1S/C16H14/c1-2-14-8-10-16(11-9-14)13-12-15-6-4-3-5-7-15/h3-11H,2H2,1H3. The lowest BCUT2D eigenvalue weighted by Gasteiger charge is -1.95. The van der Waals surface area contributed by atoms with Crippen molar-refractivity contribution in [1.29, 1.82) is 0 Å². The van der Waals surface area contributed by atoms with Crippen LogP contribution in [0.1, 0.15) is 23.6 Å². The van der Waals surface area contributed by atoms with Gasteiger partial charge in [0.15, 0.2) is 0 Å². The average Bonchev–Trinajstić information content (AvgIpc) is 2.38. The van der Waals surface area contributed by atoms with E-state index >= 15 is 0 Å². The molecule has 0 amide bonds. The van der Waals surface area contributed by atoms with Crippen LogP contribution in [0.4, 0.5) is 0 Å². The van der Waals surface area contributed by atoms with Crippen molar-refractivity contribution in [2.75, 3.05) is 0 Å². The summed E-state index contributed by atoms with van der Waals surface area (Å²) in [7, 11) is 0. The van der Waals surface area contributed by atoms with Crippen molar-refractivity contribution in [3.8, 4) is 11.8 Å². The Kier molecular flexibility index (Phi) is 3.41. The second-order valence-electron chi connectivity index (χ2n) is 3.67. The van der Waals surface area contributed by atoms with Crippen molar-refractivity contribution in [2.24, 2.45) is 0 Å². The summed E-state index contributed by atoms with van der Waals surface area (Å²) >= 11 is 0. The summed E-state index contributed by atoms with van der Waals surface area (Å²) in [6.07, 6.45) is 1.08. The van der Waals surface area contributed by atoms with Gasteiger partial charge in [0.1, 0.15) is 0 Å². The van der Waals surface area contributed by atoms with Crippen LogP contribution >= 0.6 is 0 Å². The van der Waals surface area contributed by atoms with Crippen LogP contribution in [0, 0.1) is 11.8 Å². The van der Waals surface area contributed by atoms with Crippen LogP contribution in [0.25, 0.3) is 0 Å². The zero-order valence-electron chi connectivity index (χ0n) is 9.40. The van der Waals surface area contributed by atoms with Gasteiger partial charge in [0.25, 0.3) is 0 Å². The fourth-order valence-electron chi connectivity index (χ4n) is 1.49. The Morgan fingerprint density at radius 2 is 1.31 bits per heavy atom. The van der Waals surface area contributed by atoms with Crippen LogP contribution in [-0.2, 0) is 6.42 Å². The minimum absolute atomic E-state index is 1.06. The Balaban J connectivity index is 2.18. The summed E-state index contributed by atoms with van der Waals surface area (Å²) in [5.74, 6) is 6.31. The first kappa shape index (κ1) is 10.5.